The number of anilines is 1. The van der Waals surface area contributed by atoms with Crippen molar-refractivity contribution >= 4 is 11.7 Å². The Bertz CT molecular complexity index is 440. The number of pyridine rings is 1. The van der Waals surface area contributed by atoms with E-state index in [0.29, 0.717) is 12.1 Å². The Balaban J connectivity index is 2.04. The molecule has 0 saturated carbocycles. The second-order valence-electron chi connectivity index (χ2n) is 4.89. The Morgan fingerprint density at radius 2 is 2.30 bits per heavy atom. The molecule has 1 unspecified atom stereocenters. The van der Waals surface area contributed by atoms with Crippen LogP contribution in [0.5, 0.6) is 0 Å². The van der Waals surface area contributed by atoms with Crippen LogP contribution in [0.15, 0.2) is 18.3 Å². The van der Waals surface area contributed by atoms with Gasteiger partial charge >= 0.3 is 0 Å². The van der Waals surface area contributed by atoms with Crippen LogP contribution in [0.4, 0.5) is 5.82 Å². The number of hydrogen-bond donors (Lipinski definition) is 1. The van der Waals surface area contributed by atoms with Crippen molar-refractivity contribution in [1.29, 1.82) is 0 Å². The molecule has 1 atom stereocenters. The van der Waals surface area contributed by atoms with Crippen molar-refractivity contribution in [2.45, 2.75) is 32.8 Å². The van der Waals surface area contributed by atoms with Gasteiger partial charge in [0.05, 0.1) is 11.7 Å². The number of amides is 1. The summed E-state index contributed by atoms with van der Waals surface area (Å²) in [5, 5.41) is 2.95. The monoisotopic (exact) mass is 277 g/mol. The molecule has 0 bridgehead atoms. The smallest absolute Gasteiger partial charge is 0.255 e. The highest BCUT2D eigenvalue weighted by Gasteiger charge is 2.19. The van der Waals surface area contributed by atoms with Crippen LogP contribution in [-0.2, 0) is 4.74 Å². The van der Waals surface area contributed by atoms with Gasteiger partial charge in [0, 0.05) is 32.4 Å². The maximum absolute atomic E-state index is 12.3. The van der Waals surface area contributed by atoms with E-state index in [1.54, 1.807) is 12.3 Å². The molecule has 0 aromatic carbocycles. The third-order valence-electron chi connectivity index (χ3n) is 3.61. The fraction of sp³-hybridized carbons (Fsp3) is 0.600. The first-order chi connectivity index (χ1) is 9.76. The molecule has 0 spiro atoms. The average molecular weight is 277 g/mol. The van der Waals surface area contributed by atoms with Gasteiger partial charge in [-0.05, 0) is 38.8 Å². The van der Waals surface area contributed by atoms with Gasteiger partial charge in [0.25, 0.3) is 5.91 Å². The molecule has 0 aliphatic carbocycles. The van der Waals surface area contributed by atoms with Crippen molar-refractivity contribution in [3.8, 4) is 0 Å². The largest absolute Gasteiger partial charge is 0.376 e. The lowest BCUT2D eigenvalue weighted by atomic mass is 10.2. The van der Waals surface area contributed by atoms with E-state index in [0.717, 1.165) is 38.4 Å². The Morgan fingerprint density at radius 1 is 1.50 bits per heavy atom. The number of rotatable bonds is 6. The lowest BCUT2D eigenvalue weighted by Crippen LogP contribution is -2.34. The van der Waals surface area contributed by atoms with E-state index < -0.39 is 0 Å². The summed E-state index contributed by atoms with van der Waals surface area (Å²) in [5.41, 5.74) is 0.634. The molecule has 2 heterocycles. The number of nitrogens with zero attached hydrogens (tertiary/aromatic N) is 2. The maximum atomic E-state index is 12.3. The van der Waals surface area contributed by atoms with Crippen molar-refractivity contribution in [1.82, 2.24) is 10.3 Å². The Morgan fingerprint density at radius 3 is 2.95 bits per heavy atom. The quantitative estimate of drug-likeness (QED) is 0.862. The summed E-state index contributed by atoms with van der Waals surface area (Å²) >= 11 is 0. The van der Waals surface area contributed by atoms with Crippen LogP contribution in [0.3, 0.4) is 0 Å². The van der Waals surface area contributed by atoms with Crippen LogP contribution >= 0.6 is 0 Å². The van der Waals surface area contributed by atoms with E-state index in [2.05, 4.69) is 29.0 Å². The van der Waals surface area contributed by atoms with E-state index in [4.69, 9.17) is 4.74 Å². The first-order valence-electron chi connectivity index (χ1n) is 7.36. The second-order valence-corrected chi connectivity index (χ2v) is 4.89. The molecule has 5 nitrogen and oxygen atoms in total. The van der Waals surface area contributed by atoms with Gasteiger partial charge < -0.3 is 15.0 Å². The normalized spacial score (nSPS) is 18.0. The lowest BCUT2D eigenvalue weighted by molar-refractivity contribution is 0.0858. The van der Waals surface area contributed by atoms with Crippen LogP contribution < -0.4 is 10.2 Å². The molecule has 20 heavy (non-hydrogen) atoms. The van der Waals surface area contributed by atoms with Crippen LogP contribution in [0.2, 0.25) is 0 Å². The first-order valence-corrected chi connectivity index (χ1v) is 7.36. The number of aromatic nitrogens is 1. The Kier molecular flexibility index (Phi) is 5.35. The number of carbonyl (C=O) groups is 1. The summed E-state index contributed by atoms with van der Waals surface area (Å²) in [6, 6.07) is 3.62. The summed E-state index contributed by atoms with van der Waals surface area (Å²) in [5.74, 6) is 0.679. The zero-order valence-electron chi connectivity index (χ0n) is 12.3. The van der Waals surface area contributed by atoms with Crippen molar-refractivity contribution in [2.75, 3.05) is 31.1 Å². The molecule has 1 aliphatic heterocycles. The van der Waals surface area contributed by atoms with E-state index in [1.807, 2.05) is 6.07 Å². The molecule has 1 saturated heterocycles. The van der Waals surface area contributed by atoms with E-state index in [1.165, 1.54) is 0 Å². The molecule has 5 heteroatoms. The predicted octanol–water partition coefficient (Wildman–Crippen LogP) is 1.84. The summed E-state index contributed by atoms with van der Waals surface area (Å²) in [7, 11) is 0. The van der Waals surface area contributed by atoms with Gasteiger partial charge in [-0.2, -0.15) is 0 Å². The Labute approximate surface area is 120 Å². The molecular weight excluding hydrogens is 254 g/mol. The molecule has 0 radical (unpaired) electrons. The van der Waals surface area contributed by atoms with Gasteiger partial charge in [-0.3, -0.25) is 4.79 Å². The van der Waals surface area contributed by atoms with Gasteiger partial charge in [-0.1, -0.05) is 0 Å². The molecule has 1 aromatic rings. The minimum absolute atomic E-state index is 0.0736. The van der Waals surface area contributed by atoms with Gasteiger partial charge in [0.2, 0.25) is 0 Å². The average Bonchev–Trinajstić information content (AvgIpc) is 3.00. The third kappa shape index (κ3) is 3.48. The van der Waals surface area contributed by atoms with Crippen LogP contribution in [0, 0.1) is 0 Å². The molecule has 2 rings (SSSR count). The van der Waals surface area contributed by atoms with Crippen molar-refractivity contribution < 1.29 is 9.53 Å². The van der Waals surface area contributed by atoms with Crippen LogP contribution in [-0.4, -0.2) is 43.2 Å². The Hall–Kier alpha value is -1.62. The van der Waals surface area contributed by atoms with Gasteiger partial charge in [0.1, 0.15) is 5.82 Å². The zero-order chi connectivity index (χ0) is 14.4. The summed E-state index contributed by atoms with van der Waals surface area (Å²) in [4.78, 5) is 18.8. The number of nitrogens with one attached hydrogen (secondary N) is 1. The molecule has 1 aliphatic rings. The van der Waals surface area contributed by atoms with E-state index in [9.17, 15) is 4.79 Å². The first kappa shape index (κ1) is 14.8. The van der Waals surface area contributed by atoms with Crippen molar-refractivity contribution in [2.24, 2.45) is 0 Å². The van der Waals surface area contributed by atoms with Crippen molar-refractivity contribution in [3.63, 3.8) is 0 Å². The van der Waals surface area contributed by atoms with Crippen LogP contribution in [0.1, 0.15) is 37.0 Å². The highest BCUT2D eigenvalue weighted by molar-refractivity contribution is 5.98. The van der Waals surface area contributed by atoms with Crippen molar-refractivity contribution in [3.05, 3.63) is 23.9 Å². The second kappa shape index (κ2) is 7.24. The summed E-state index contributed by atoms with van der Waals surface area (Å²) in [6.45, 7) is 7.17. The highest BCUT2D eigenvalue weighted by atomic mass is 16.5. The van der Waals surface area contributed by atoms with Gasteiger partial charge in [-0.25, -0.2) is 4.98 Å². The standard InChI is InChI=1S/C15H23N3O2/c1-3-18(4-2)14-13(8-5-9-16-14)15(19)17-11-12-7-6-10-20-12/h5,8-9,12H,3-4,6-7,10-11H2,1-2H3,(H,17,19). The fourth-order valence-corrected chi connectivity index (χ4v) is 2.46. The fourth-order valence-electron chi connectivity index (χ4n) is 2.46. The van der Waals surface area contributed by atoms with Gasteiger partial charge in [-0.15, -0.1) is 0 Å². The van der Waals surface area contributed by atoms with E-state index >= 15 is 0 Å². The minimum atomic E-state index is -0.0736. The SMILES string of the molecule is CCN(CC)c1ncccc1C(=O)NCC1CCCO1. The predicted molar refractivity (Wildman–Crippen MR) is 79.1 cm³/mol. The third-order valence-corrected chi connectivity index (χ3v) is 3.61. The summed E-state index contributed by atoms with van der Waals surface area (Å²) < 4.78 is 5.52. The molecule has 1 amide bonds. The lowest BCUT2D eigenvalue weighted by Gasteiger charge is -2.22. The minimum Gasteiger partial charge on any atom is -0.376 e. The van der Waals surface area contributed by atoms with Crippen LogP contribution in [0.25, 0.3) is 0 Å². The van der Waals surface area contributed by atoms with Gasteiger partial charge in [0.15, 0.2) is 0 Å². The maximum Gasteiger partial charge on any atom is 0.255 e. The highest BCUT2D eigenvalue weighted by Crippen LogP contribution is 2.17. The summed E-state index contributed by atoms with van der Waals surface area (Å²) in [6.07, 6.45) is 3.99. The molecule has 1 fully saturated rings. The molecule has 110 valence electrons. The number of hydrogen-bond acceptors (Lipinski definition) is 4. The number of ether oxygens (including phenoxy) is 1. The number of carbonyl (C=O) groups excluding carboxylic acids is 1. The topological polar surface area (TPSA) is 54.5 Å². The molecule has 1 N–H and O–H groups in total. The zero-order valence-corrected chi connectivity index (χ0v) is 12.3. The molecular formula is C15H23N3O2. The van der Waals surface area contributed by atoms with E-state index in [-0.39, 0.29) is 12.0 Å². The molecule has 1 aromatic heterocycles.